The van der Waals surface area contributed by atoms with Gasteiger partial charge in [-0.1, -0.05) is 0 Å². The maximum absolute atomic E-state index is 11.2. The minimum absolute atomic E-state index is 0.0554. The number of aromatic nitrogens is 2. The van der Waals surface area contributed by atoms with Crippen LogP contribution in [0.5, 0.6) is 0 Å². The quantitative estimate of drug-likeness (QED) is 0.625. The largest absolute Gasteiger partial charge is 0.364 e. The zero-order valence-electron chi connectivity index (χ0n) is 7.28. The highest BCUT2D eigenvalue weighted by Gasteiger charge is 2.27. The van der Waals surface area contributed by atoms with Crippen molar-refractivity contribution >= 4 is 15.7 Å². The number of aromatic amines is 1. The highest BCUT2D eigenvalue weighted by atomic mass is 32.2. The number of H-pyrrole nitrogens is 1. The van der Waals surface area contributed by atoms with E-state index in [0.29, 0.717) is 17.7 Å². The van der Waals surface area contributed by atoms with Crippen molar-refractivity contribution in [1.29, 1.82) is 0 Å². The average molecular weight is 215 g/mol. The average Bonchev–Trinajstić information content (AvgIpc) is 2.44. The second-order valence-corrected chi connectivity index (χ2v) is 5.42. The van der Waals surface area contributed by atoms with Crippen LogP contribution in [0.4, 0.5) is 0 Å². The van der Waals surface area contributed by atoms with Gasteiger partial charge < -0.3 is 5.73 Å². The number of carbonyl (C=O) groups is 1. The van der Waals surface area contributed by atoms with Crippen molar-refractivity contribution in [2.24, 2.45) is 5.73 Å². The highest BCUT2D eigenvalue weighted by Crippen LogP contribution is 2.21. The Morgan fingerprint density at radius 3 is 2.86 bits per heavy atom. The number of amides is 1. The molecule has 1 aromatic heterocycles. The van der Waals surface area contributed by atoms with Gasteiger partial charge in [-0.15, -0.1) is 0 Å². The number of rotatable bonds is 1. The van der Waals surface area contributed by atoms with Gasteiger partial charge in [0, 0.05) is 5.56 Å². The molecule has 0 saturated heterocycles. The Labute approximate surface area is 80.4 Å². The second-order valence-electron chi connectivity index (χ2n) is 3.24. The number of primary amides is 1. The third kappa shape index (κ3) is 1.39. The summed E-state index contributed by atoms with van der Waals surface area (Å²) in [6, 6.07) is 0. The van der Waals surface area contributed by atoms with E-state index in [9.17, 15) is 13.2 Å². The minimum atomic E-state index is -3.03. The van der Waals surface area contributed by atoms with E-state index >= 15 is 0 Å². The van der Waals surface area contributed by atoms with Gasteiger partial charge in [-0.25, -0.2) is 8.42 Å². The second kappa shape index (κ2) is 2.81. The van der Waals surface area contributed by atoms with Crippen LogP contribution in [0.3, 0.4) is 0 Å². The molecule has 0 fully saturated rings. The van der Waals surface area contributed by atoms with E-state index < -0.39 is 15.7 Å². The van der Waals surface area contributed by atoms with E-state index in [2.05, 4.69) is 10.2 Å². The summed E-state index contributed by atoms with van der Waals surface area (Å²) in [7, 11) is -3.03. The van der Waals surface area contributed by atoms with Crippen molar-refractivity contribution in [1.82, 2.24) is 10.2 Å². The van der Waals surface area contributed by atoms with Gasteiger partial charge in [0.1, 0.15) is 0 Å². The smallest absolute Gasteiger partial charge is 0.269 e. The van der Waals surface area contributed by atoms with Gasteiger partial charge >= 0.3 is 0 Å². The fourth-order valence-corrected chi connectivity index (χ4v) is 2.88. The van der Waals surface area contributed by atoms with Crippen LogP contribution in [0.25, 0.3) is 0 Å². The molecule has 7 heteroatoms. The number of fused-ring (bicyclic) bond motifs is 1. The van der Waals surface area contributed by atoms with E-state index in [4.69, 9.17) is 5.73 Å². The highest BCUT2D eigenvalue weighted by molar-refractivity contribution is 7.90. The lowest BCUT2D eigenvalue weighted by Gasteiger charge is -2.11. The molecular weight excluding hydrogens is 206 g/mol. The van der Waals surface area contributed by atoms with Crippen molar-refractivity contribution in [3.8, 4) is 0 Å². The first-order valence-electron chi connectivity index (χ1n) is 4.06. The lowest BCUT2D eigenvalue weighted by atomic mass is 10.1. The molecule has 14 heavy (non-hydrogen) atoms. The third-order valence-electron chi connectivity index (χ3n) is 2.21. The molecule has 3 N–H and O–H groups in total. The number of nitrogens with two attached hydrogens (primary N) is 1. The summed E-state index contributed by atoms with van der Waals surface area (Å²) in [5.74, 6) is -0.649. The molecule has 0 unspecified atom stereocenters. The number of sulfone groups is 1. The predicted molar refractivity (Wildman–Crippen MR) is 48.3 cm³/mol. The van der Waals surface area contributed by atoms with E-state index in [-0.39, 0.29) is 17.2 Å². The van der Waals surface area contributed by atoms with Crippen molar-refractivity contribution < 1.29 is 13.2 Å². The molecule has 1 aliphatic heterocycles. The number of hydrogen-bond acceptors (Lipinski definition) is 4. The third-order valence-corrected chi connectivity index (χ3v) is 3.77. The Hall–Kier alpha value is -1.37. The van der Waals surface area contributed by atoms with Gasteiger partial charge in [-0.05, 0) is 6.42 Å². The van der Waals surface area contributed by atoms with Crippen molar-refractivity contribution in [3.63, 3.8) is 0 Å². The maximum atomic E-state index is 11.2. The van der Waals surface area contributed by atoms with Gasteiger partial charge in [0.25, 0.3) is 5.91 Å². The topological polar surface area (TPSA) is 106 Å². The summed E-state index contributed by atoms with van der Waals surface area (Å²) < 4.78 is 22.5. The van der Waals surface area contributed by atoms with Crippen molar-refractivity contribution in [3.05, 3.63) is 17.0 Å². The standard InChI is InChI=1S/C7H9N3O3S/c8-7(11)6-4-1-2-14(12,13)3-5(4)9-10-6/h1-3H2,(H2,8,11)(H,9,10). The van der Waals surface area contributed by atoms with Crippen molar-refractivity contribution in [2.75, 3.05) is 5.75 Å². The molecule has 2 rings (SSSR count). The van der Waals surface area contributed by atoms with Crippen LogP contribution >= 0.6 is 0 Å². The molecule has 76 valence electrons. The predicted octanol–water partition coefficient (Wildman–Crippen LogP) is -1.02. The Kier molecular flexibility index (Phi) is 1.84. The summed E-state index contributed by atoms with van der Waals surface area (Å²) in [6.07, 6.45) is 0.312. The molecule has 0 saturated carbocycles. The number of hydrogen-bond donors (Lipinski definition) is 2. The van der Waals surface area contributed by atoms with Crippen LogP contribution < -0.4 is 5.73 Å². The van der Waals surface area contributed by atoms with Crippen LogP contribution in [-0.4, -0.2) is 30.3 Å². The Bertz CT molecular complexity index is 488. The fraction of sp³-hybridized carbons (Fsp3) is 0.429. The maximum Gasteiger partial charge on any atom is 0.269 e. The zero-order valence-corrected chi connectivity index (χ0v) is 8.10. The molecule has 1 aliphatic rings. The number of nitrogens with zero attached hydrogens (tertiary/aromatic N) is 1. The minimum Gasteiger partial charge on any atom is -0.364 e. The normalized spacial score (nSPS) is 18.9. The molecule has 0 radical (unpaired) electrons. The van der Waals surface area contributed by atoms with Gasteiger partial charge in [0.2, 0.25) is 0 Å². The molecule has 1 amide bonds. The first kappa shape index (κ1) is 9.20. The lowest BCUT2D eigenvalue weighted by molar-refractivity contribution is 0.0994. The molecule has 0 aliphatic carbocycles. The zero-order chi connectivity index (χ0) is 10.3. The lowest BCUT2D eigenvalue weighted by Crippen LogP contribution is -2.21. The van der Waals surface area contributed by atoms with Crippen LogP contribution in [0.1, 0.15) is 21.7 Å². The Balaban J connectivity index is 2.49. The van der Waals surface area contributed by atoms with Crippen LogP contribution in [0, 0.1) is 0 Å². The molecular formula is C7H9N3O3S. The molecule has 0 aromatic carbocycles. The molecule has 0 bridgehead atoms. The number of nitrogens with one attached hydrogen (secondary N) is 1. The molecule has 6 nitrogen and oxygen atoms in total. The summed E-state index contributed by atoms with van der Waals surface area (Å²) >= 11 is 0. The van der Waals surface area contributed by atoms with Crippen LogP contribution in [0.2, 0.25) is 0 Å². The fourth-order valence-electron chi connectivity index (χ4n) is 1.54. The molecule has 0 atom stereocenters. The summed E-state index contributed by atoms with van der Waals surface area (Å²) in [5.41, 5.74) is 6.38. The van der Waals surface area contributed by atoms with Gasteiger partial charge in [-0.2, -0.15) is 5.10 Å². The van der Waals surface area contributed by atoms with Crippen LogP contribution in [-0.2, 0) is 22.0 Å². The summed E-state index contributed by atoms with van der Waals surface area (Å²) in [4.78, 5) is 10.9. The Morgan fingerprint density at radius 2 is 2.21 bits per heavy atom. The SMILES string of the molecule is NC(=O)c1n[nH]c2c1CCS(=O)(=O)C2. The van der Waals surface area contributed by atoms with E-state index in [0.717, 1.165) is 0 Å². The monoisotopic (exact) mass is 215 g/mol. The molecule has 0 spiro atoms. The van der Waals surface area contributed by atoms with E-state index in [1.807, 2.05) is 0 Å². The van der Waals surface area contributed by atoms with Gasteiger partial charge in [0.05, 0.1) is 17.2 Å². The first-order chi connectivity index (χ1) is 6.49. The molecule has 1 aromatic rings. The Morgan fingerprint density at radius 1 is 1.50 bits per heavy atom. The van der Waals surface area contributed by atoms with E-state index in [1.165, 1.54) is 0 Å². The molecule has 2 heterocycles. The summed E-state index contributed by atoms with van der Waals surface area (Å²) in [6.45, 7) is 0. The number of carbonyl (C=O) groups excluding carboxylic acids is 1. The first-order valence-corrected chi connectivity index (χ1v) is 5.88. The summed E-state index contributed by atoms with van der Waals surface area (Å²) in [5, 5.41) is 6.23. The van der Waals surface area contributed by atoms with Gasteiger partial charge in [-0.3, -0.25) is 9.89 Å². The van der Waals surface area contributed by atoms with E-state index in [1.54, 1.807) is 0 Å². The van der Waals surface area contributed by atoms with Gasteiger partial charge in [0.15, 0.2) is 15.5 Å². The van der Waals surface area contributed by atoms with Crippen molar-refractivity contribution in [2.45, 2.75) is 12.2 Å². The van der Waals surface area contributed by atoms with Crippen LogP contribution in [0.15, 0.2) is 0 Å².